The Kier molecular flexibility index (Phi) is 6.82. The summed E-state index contributed by atoms with van der Waals surface area (Å²) in [6.07, 6.45) is 4.33. The highest BCUT2D eigenvalue weighted by atomic mass is 16.5. The van der Waals surface area contributed by atoms with Gasteiger partial charge in [-0.15, -0.1) is 4.48 Å². The van der Waals surface area contributed by atoms with Crippen LogP contribution in [0.3, 0.4) is 0 Å². The van der Waals surface area contributed by atoms with Gasteiger partial charge in [0.15, 0.2) is 6.04 Å². The Balaban J connectivity index is 2.46. The summed E-state index contributed by atoms with van der Waals surface area (Å²) < 4.78 is 4.13. The lowest BCUT2D eigenvalue weighted by Crippen LogP contribution is -2.67. The van der Waals surface area contributed by atoms with E-state index in [4.69, 9.17) is 10.5 Å². The molecule has 3 N–H and O–H groups in total. The maximum Gasteiger partial charge on any atom is 0.524 e. The van der Waals surface area contributed by atoms with Gasteiger partial charge in [-0.1, -0.05) is 39.5 Å². The predicted molar refractivity (Wildman–Crippen MR) is 98.5 cm³/mol. The van der Waals surface area contributed by atoms with E-state index in [2.05, 4.69) is 0 Å². The second-order valence-electron chi connectivity index (χ2n) is 8.75. The minimum absolute atomic E-state index is 0.0970. The fourth-order valence-corrected chi connectivity index (χ4v) is 5.11. The number of nitrogens with zero attached hydrogens (tertiary/aromatic N) is 2. The van der Waals surface area contributed by atoms with Crippen LogP contribution in [0.2, 0.25) is 0 Å². The van der Waals surface area contributed by atoms with Crippen LogP contribution in [0, 0.1) is 17.3 Å². The molecular weight excluding hydrogens is 366 g/mol. The number of carbonyl (C=O) groups excluding carboxylic acids is 4. The molecule has 0 bridgehead atoms. The van der Waals surface area contributed by atoms with Crippen molar-refractivity contribution in [1.29, 1.82) is 0 Å². The molecule has 0 aromatic carbocycles. The zero-order chi connectivity index (χ0) is 21.1. The molecule has 0 radical (unpaired) electrons. The van der Waals surface area contributed by atoms with Crippen molar-refractivity contribution >= 4 is 24.3 Å². The van der Waals surface area contributed by atoms with Crippen molar-refractivity contribution in [3.05, 3.63) is 0 Å². The van der Waals surface area contributed by atoms with Crippen LogP contribution < -0.4 is 5.73 Å². The number of amides is 4. The highest BCUT2D eigenvalue weighted by Gasteiger charge is 2.66. The summed E-state index contributed by atoms with van der Waals surface area (Å²) in [5, 5.41) is 10.2. The quantitative estimate of drug-likeness (QED) is 0.289. The largest absolute Gasteiger partial charge is 0.524 e. The minimum Gasteiger partial charge on any atom is -0.423 e. The maximum absolute atomic E-state index is 13.7. The smallest absolute Gasteiger partial charge is 0.423 e. The average molecular weight is 398 g/mol. The van der Waals surface area contributed by atoms with Crippen LogP contribution in [0.15, 0.2) is 0 Å². The normalized spacial score (nSPS) is 27.9. The first-order valence-corrected chi connectivity index (χ1v) is 9.81. The standard InChI is InChI=1S/C19H31N3O6/c1-19(2)8-9-22(18(26)28-3,15(19)16(20)24)17(25)14(11-21(27)12-23)10-13-6-4-5-7-13/h12-15,27H,4-11H2,1-3H3,(H-,20,24)/p+1/t14-,15-,22?/m1/s1. The van der Waals surface area contributed by atoms with E-state index in [0.717, 1.165) is 25.7 Å². The molecule has 2 aliphatic rings. The third-order valence-corrected chi connectivity index (χ3v) is 6.42. The van der Waals surface area contributed by atoms with Crippen molar-refractivity contribution in [1.82, 2.24) is 5.06 Å². The van der Waals surface area contributed by atoms with E-state index < -0.39 is 39.8 Å². The Hall–Kier alpha value is -2.00. The second kappa shape index (κ2) is 8.57. The number of ether oxygens (including phenoxy) is 1. The summed E-state index contributed by atoms with van der Waals surface area (Å²) in [5.74, 6) is -1.78. The Labute approximate surface area is 165 Å². The molecule has 9 heteroatoms. The molecular formula is C19H32N3O6+. The van der Waals surface area contributed by atoms with E-state index in [1.165, 1.54) is 7.11 Å². The molecule has 28 heavy (non-hydrogen) atoms. The van der Waals surface area contributed by atoms with E-state index >= 15 is 0 Å². The van der Waals surface area contributed by atoms with Crippen molar-refractivity contribution in [2.24, 2.45) is 23.0 Å². The van der Waals surface area contributed by atoms with Gasteiger partial charge in [-0.05, 0) is 12.3 Å². The molecule has 4 amide bonds. The monoisotopic (exact) mass is 398 g/mol. The van der Waals surface area contributed by atoms with Crippen LogP contribution in [0.25, 0.3) is 0 Å². The van der Waals surface area contributed by atoms with Crippen molar-refractivity contribution < 1.29 is 33.6 Å². The van der Waals surface area contributed by atoms with Crippen LogP contribution in [-0.4, -0.2) is 65.3 Å². The molecule has 1 unspecified atom stereocenters. The molecule has 0 aromatic heterocycles. The molecule has 1 aliphatic carbocycles. The van der Waals surface area contributed by atoms with E-state index in [9.17, 15) is 24.4 Å². The summed E-state index contributed by atoms with van der Waals surface area (Å²) in [6.45, 7) is 3.46. The summed E-state index contributed by atoms with van der Waals surface area (Å²) in [5.41, 5.74) is 4.97. The number of likely N-dealkylation sites (tertiary alicyclic amines) is 1. The fraction of sp³-hybridized carbons (Fsp3) is 0.789. The average Bonchev–Trinajstić information content (AvgIpc) is 3.25. The van der Waals surface area contributed by atoms with Gasteiger partial charge in [0.2, 0.25) is 6.41 Å². The topological polar surface area (TPSA) is 127 Å². The summed E-state index contributed by atoms with van der Waals surface area (Å²) in [4.78, 5) is 49.9. The number of methoxy groups -OCH3 is 1. The molecule has 9 nitrogen and oxygen atoms in total. The second-order valence-corrected chi connectivity index (χ2v) is 8.75. The SMILES string of the molecule is COC(=O)[N+]1(C(=O)[C@H](CC2CCCC2)CN(O)C=O)CCC(C)(C)[C@H]1C(N)=O. The number of nitrogens with two attached hydrogens (primary N) is 1. The van der Waals surface area contributed by atoms with E-state index in [-0.39, 0.29) is 25.4 Å². The van der Waals surface area contributed by atoms with Crippen LogP contribution in [-0.2, 0) is 19.1 Å². The molecule has 0 spiro atoms. The van der Waals surface area contributed by atoms with Gasteiger partial charge in [0, 0.05) is 11.8 Å². The van der Waals surface area contributed by atoms with Crippen LogP contribution in [0.1, 0.15) is 52.4 Å². The van der Waals surface area contributed by atoms with Crippen molar-refractivity contribution in [2.75, 3.05) is 20.2 Å². The number of carbonyl (C=O) groups is 4. The number of hydrogen-bond donors (Lipinski definition) is 2. The molecule has 1 aliphatic heterocycles. The number of rotatable bonds is 7. The Bertz CT molecular complexity index is 631. The number of quaternary nitrogens is 1. The molecule has 3 atom stereocenters. The highest BCUT2D eigenvalue weighted by Crippen LogP contribution is 2.44. The van der Waals surface area contributed by atoms with Crippen LogP contribution in [0.5, 0.6) is 0 Å². The first-order chi connectivity index (χ1) is 13.1. The van der Waals surface area contributed by atoms with E-state index in [1.54, 1.807) is 13.8 Å². The van der Waals surface area contributed by atoms with Gasteiger partial charge in [-0.2, -0.15) is 4.79 Å². The molecule has 0 aromatic rings. The molecule has 2 rings (SSSR count). The predicted octanol–water partition coefficient (Wildman–Crippen LogP) is 1.42. The number of primary amides is 1. The van der Waals surface area contributed by atoms with E-state index in [0.29, 0.717) is 17.9 Å². The van der Waals surface area contributed by atoms with Gasteiger partial charge >= 0.3 is 12.0 Å². The third kappa shape index (κ3) is 4.05. The lowest BCUT2D eigenvalue weighted by Gasteiger charge is -2.37. The maximum atomic E-state index is 13.7. The van der Waals surface area contributed by atoms with Gasteiger partial charge in [-0.25, -0.2) is 9.86 Å². The molecule has 1 saturated carbocycles. The van der Waals surface area contributed by atoms with Crippen molar-refractivity contribution in [3.8, 4) is 0 Å². The summed E-state index contributed by atoms with van der Waals surface area (Å²) in [6, 6.07) is -1.07. The zero-order valence-corrected chi connectivity index (χ0v) is 16.9. The Morgan fingerprint density at radius 1 is 1.32 bits per heavy atom. The van der Waals surface area contributed by atoms with Crippen molar-refractivity contribution in [3.63, 3.8) is 0 Å². The molecule has 2 fully saturated rings. The van der Waals surface area contributed by atoms with Gasteiger partial charge < -0.3 is 10.5 Å². The summed E-state index contributed by atoms with van der Waals surface area (Å²) in [7, 11) is 1.18. The van der Waals surface area contributed by atoms with Gasteiger partial charge in [0.1, 0.15) is 0 Å². The zero-order valence-electron chi connectivity index (χ0n) is 16.9. The van der Waals surface area contributed by atoms with Crippen LogP contribution >= 0.6 is 0 Å². The Morgan fingerprint density at radius 2 is 1.93 bits per heavy atom. The van der Waals surface area contributed by atoms with E-state index in [1.807, 2.05) is 0 Å². The molecule has 158 valence electrons. The number of hydrogen-bond acceptors (Lipinski definition) is 6. The van der Waals surface area contributed by atoms with Gasteiger partial charge in [0.05, 0.1) is 26.1 Å². The molecule has 1 heterocycles. The Morgan fingerprint density at radius 3 is 2.43 bits per heavy atom. The lowest BCUT2D eigenvalue weighted by atomic mass is 9.83. The number of hydroxylamine groups is 2. The van der Waals surface area contributed by atoms with Gasteiger partial charge in [0.25, 0.3) is 5.91 Å². The minimum atomic E-state index is -1.07. The first-order valence-electron chi connectivity index (χ1n) is 9.81. The highest BCUT2D eigenvalue weighted by molar-refractivity contribution is 5.90. The third-order valence-electron chi connectivity index (χ3n) is 6.42. The van der Waals surface area contributed by atoms with Crippen molar-refractivity contribution in [2.45, 2.75) is 58.4 Å². The van der Waals surface area contributed by atoms with Crippen LogP contribution in [0.4, 0.5) is 4.79 Å². The van der Waals surface area contributed by atoms with Gasteiger partial charge in [-0.3, -0.25) is 14.8 Å². The molecule has 1 saturated heterocycles. The lowest BCUT2D eigenvalue weighted by molar-refractivity contribution is -0.791. The number of imide groups is 1. The summed E-state index contributed by atoms with van der Waals surface area (Å²) >= 11 is 0. The fourth-order valence-electron chi connectivity index (χ4n) is 5.11. The first kappa shape index (κ1) is 22.3.